The van der Waals surface area contributed by atoms with Gasteiger partial charge in [0.1, 0.15) is 11.5 Å². The van der Waals surface area contributed by atoms with Crippen molar-refractivity contribution < 1.29 is 13.9 Å². The van der Waals surface area contributed by atoms with Crippen molar-refractivity contribution in [2.75, 3.05) is 13.2 Å². The molecular weight excluding hydrogens is 254 g/mol. The van der Waals surface area contributed by atoms with Gasteiger partial charge in [-0.3, -0.25) is 0 Å². The first-order valence-corrected chi connectivity index (χ1v) is 7.66. The van der Waals surface area contributed by atoms with Gasteiger partial charge in [-0.15, -0.1) is 0 Å². The SMILES string of the molecule is Cc1oc(CNC(C)C)cc1COCC1CCCCO1. The number of hydrogen-bond donors (Lipinski definition) is 1. The van der Waals surface area contributed by atoms with E-state index in [9.17, 15) is 0 Å². The normalized spacial score (nSPS) is 19.7. The molecule has 0 amide bonds. The van der Waals surface area contributed by atoms with Crippen LogP contribution in [0.1, 0.15) is 50.2 Å². The molecule has 2 rings (SSSR count). The average molecular weight is 281 g/mol. The Bertz CT molecular complexity index is 394. The van der Waals surface area contributed by atoms with Crippen LogP contribution in [-0.4, -0.2) is 25.4 Å². The highest BCUT2D eigenvalue weighted by molar-refractivity contribution is 5.19. The Labute approximate surface area is 121 Å². The van der Waals surface area contributed by atoms with Gasteiger partial charge in [0.25, 0.3) is 0 Å². The average Bonchev–Trinajstić information content (AvgIpc) is 2.78. The van der Waals surface area contributed by atoms with E-state index < -0.39 is 0 Å². The predicted octanol–water partition coefficient (Wildman–Crippen LogP) is 3.17. The van der Waals surface area contributed by atoms with E-state index in [0.717, 1.165) is 36.7 Å². The summed E-state index contributed by atoms with van der Waals surface area (Å²) in [6.07, 6.45) is 3.83. The Morgan fingerprint density at radius 3 is 2.95 bits per heavy atom. The molecule has 4 heteroatoms. The van der Waals surface area contributed by atoms with Gasteiger partial charge in [0, 0.05) is 18.2 Å². The van der Waals surface area contributed by atoms with Gasteiger partial charge in [-0.05, 0) is 32.3 Å². The summed E-state index contributed by atoms with van der Waals surface area (Å²) in [5.74, 6) is 1.93. The maximum Gasteiger partial charge on any atom is 0.118 e. The van der Waals surface area contributed by atoms with Crippen molar-refractivity contribution in [1.29, 1.82) is 0 Å². The van der Waals surface area contributed by atoms with Gasteiger partial charge in [-0.25, -0.2) is 0 Å². The first-order valence-electron chi connectivity index (χ1n) is 7.66. The Morgan fingerprint density at radius 1 is 1.40 bits per heavy atom. The van der Waals surface area contributed by atoms with Crippen LogP contribution in [0.15, 0.2) is 10.5 Å². The van der Waals surface area contributed by atoms with Gasteiger partial charge in [0.15, 0.2) is 0 Å². The molecular formula is C16H27NO3. The molecule has 0 aliphatic carbocycles. The molecule has 114 valence electrons. The largest absolute Gasteiger partial charge is 0.465 e. The lowest BCUT2D eigenvalue weighted by Gasteiger charge is -2.22. The second-order valence-corrected chi connectivity index (χ2v) is 5.83. The quantitative estimate of drug-likeness (QED) is 0.833. The summed E-state index contributed by atoms with van der Waals surface area (Å²) in [6.45, 7) is 9.19. The Morgan fingerprint density at radius 2 is 2.25 bits per heavy atom. The Kier molecular flexibility index (Phi) is 6.07. The minimum Gasteiger partial charge on any atom is -0.465 e. The van der Waals surface area contributed by atoms with E-state index in [4.69, 9.17) is 13.9 Å². The summed E-state index contributed by atoms with van der Waals surface area (Å²) in [6, 6.07) is 2.55. The van der Waals surface area contributed by atoms with Crippen LogP contribution in [0.5, 0.6) is 0 Å². The van der Waals surface area contributed by atoms with E-state index in [1.165, 1.54) is 12.8 Å². The van der Waals surface area contributed by atoms with Gasteiger partial charge in [0.2, 0.25) is 0 Å². The summed E-state index contributed by atoms with van der Waals surface area (Å²) >= 11 is 0. The molecule has 1 N–H and O–H groups in total. The molecule has 20 heavy (non-hydrogen) atoms. The zero-order valence-electron chi connectivity index (χ0n) is 12.9. The molecule has 1 aliphatic rings. The second-order valence-electron chi connectivity index (χ2n) is 5.83. The molecule has 1 fully saturated rings. The minimum atomic E-state index is 0.276. The fourth-order valence-corrected chi connectivity index (χ4v) is 2.36. The van der Waals surface area contributed by atoms with Gasteiger partial charge < -0.3 is 19.2 Å². The summed E-state index contributed by atoms with van der Waals surface area (Å²) in [7, 11) is 0. The van der Waals surface area contributed by atoms with Crippen LogP contribution in [0.4, 0.5) is 0 Å². The molecule has 1 unspecified atom stereocenters. The topological polar surface area (TPSA) is 43.6 Å². The van der Waals surface area contributed by atoms with Crippen molar-refractivity contribution in [3.05, 3.63) is 23.2 Å². The van der Waals surface area contributed by atoms with Crippen LogP contribution in [0, 0.1) is 6.92 Å². The minimum absolute atomic E-state index is 0.276. The van der Waals surface area contributed by atoms with E-state index in [1.807, 2.05) is 6.92 Å². The molecule has 1 atom stereocenters. The van der Waals surface area contributed by atoms with Crippen molar-refractivity contribution in [1.82, 2.24) is 5.32 Å². The maximum absolute atomic E-state index is 5.77. The third-order valence-electron chi connectivity index (χ3n) is 3.59. The van der Waals surface area contributed by atoms with E-state index in [0.29, 0.717) is 19.3 Å². The highest BCUT2D eigenvalue weighted by Crippen LogP contribution is 2.17. The van der Waals surface area contributed by atoms with Gasteiger partial charge >= 0.3 is 0 Å². The maximum atomic E-state index is 5.77. The highest BCUT2D eigenvalue weighted by atomic mass is 16.5. The van der Waals surface area contributed by atoms with Crippen molar-refractivity contribution >= 4 is 0 Å². The molecule has 0 bridgehead atoms. The summed E-state index contributed by atoms with van der Waals surface area (Å²) in [5.41, 5.74) is 1.14. The third-order valence-corrected chi connectivity index (χ3v) is 3.59. The number of nitrogens with one attached hydrogen (secondary N) is 1. The summed E-state index contributed by atoms with van der Waals surface area (Å²) in [5, 5.41) is 3.36. The smallest absolute Gasteiger partial charge is 0.118 e. The lowest BCUT2D eigenvalue weighted by atomic mass is 10.1. The van der Waals surface area contributed by atoms with Crippen molar-refractivity contribution in [3.63, 3.8) is 0 Å². The van der Waals surface area contributed by atoms with Crippen LogP contribution < -0.4 is 5.32 Å². The molecule has 4 nitrogen and oxygen atoms in total. The van der Waals surface area contributed by atoms with Crippen molar-refractivity contribution in [3.8, 4) is 0 Å². The fourth-order valence-electron chi connectivity index (χ4n) is 2.36. The third kappa shape index (κ3) is 4.93. The molecule has 1 aromatic rings. The number of furan rings is 1. The van der Waals surface area contributed by atoms with Crippen LogP contribution in [0.3, 0.4) is 0 Å². The molecule has 0 aromatic carbocycles. The molecule has 2 heterocycles. The zero-order chi connectivity index (χ0) is 14.4. The number of hydrogen-bond acceptors (Lipinski definition) is 4. The Hall–Kier alpha value is -0.840. The van der Waals surface area contributed by atoms with Crippen molar-refractivity contribution in [2.45, 2.75) is 65.3 Å². The monoisotopic (exact) mass is 281 g/mol. The standard InChI is InChI=1S/C16H27NO3/c1-12(2)17-9-16-8-14(13(3)20-16)10-18-11-15-6-4-5-7-19-15/h8,12,15,17H,4-7,9-11H2,1-3H3. The van der Waals surface area contributed by atoms with Crippen LogP contribution in [-0.2, 0) is 22.6 Å². The van der Waals surface area contributed by atoms with E-state index in [1.54, 1.807) is 0 Å². The lowest BCUT2D eigenvalue weighted by molar-refractivity contribution is -0.0449. The van der Waals surface area contributed by atoms with Crippen molar-refractivity contribution in [2.24, 2.45) is 0 Å². The van der Waals surface area contributed by atoms with E-state index in [2.05, 4.69) is 25.2 Å². The first kappa shape index (κ1) is 15.5. The fraction of sp³-hybridized carbons (Fsp3) is 0.750. The number of aryl methyl sites for hydroxylation is 1. The van der Waals surface area contributed by atoms with Crippen LogP contribution in [0.2, 0.25) is 0 Å². The van der Waals surface area contributed by atoms with Crippen LogP contribution >= 0.6 is 0 Å². The van der Waals surface area contributed by atoms with Crippen LogP contribution in [0.25, 0.3) is 0 Å². The zero-order valence-corrected chi connectivity index (χ0v) is 12.9. The van der Waals surface area contributed by atoms with Gasteiger partial charge in [-0.1, -0.05) is 13.8 Å². The molecule has 0 radical (unpaired) electrons. The number of rotatable bonds is 7. The molecule has 1 aromatic heterocycles. The summed E-state index contributed by atoms with van der Waals surface area (Å²) in [4.78, 5) is 0. The second kappa shape index (κ2) is 7.81. The van der Waals surface area contributed by atoms with Gasteiger partial charge in [-0.2, -0.15) is 0 Å². The van der Waals surface area contributed by atoms with E-state index >= 15 is 0 Å². The molecule has 1 aliphatic heterocycles. The molecule has 0 saturated carbocycles. The summed E-state index contributed by atoms with van der Waals surface area (Å²) < 4.78 is 17.2. The van der Waals surface area contributed by atoms with Gasteiger partial charge in [0.05, 0.1) is 25.9 Å². The number of ether oxygens (including phenoxy) is 2. The predicted molar refractivity (Wildman–Crippen MR) is 78.7 cm³/mol. The highest BCUT2D eigenvalue weighted by Gasteiger charge is 2.14. The molecule has 0 spiro atoms. The molecule has 1 saturated heterocycles. The van der Waals surface area contributed by atoms with E-state index in [-0.39, 0.29) is 6.10 Å². The first-order chi connectivity index (χ1) is 9.65. The lowest BCUT2D eigenvalue weighted by Crippen LogP contribution is -2.24. The Balaban J connectivity index is 1.74.